The van der Waals surface area contributed by atoms with Crippen molar-refractivity contribution in [3.8, 4) is 0 Å². The number of hydrogen-bond acceptors (Lipinski definition) is 4. The molecule has 1 saturated carbocycles. The number of rotatable bonds is 3. The molecule has 0 radical (unpaired) electrons. The Kier molecular flexibility index (Phi) is 2.11. The minimum atomic E-state index is -0.409. The molecule has 0 amide bonds. The normalized spacial score (nSPS) is 16.4. The van der Waals surface area contributed by atoms with Crippen LogP contribution in [0.4, 0.5) is 11.5 Å². The van der Waals surface area contributed by atoms with Gasteiger partial charge in [-0.15, -0.1) is 5.10 Å². The third kappa shape index (κ3) is 1.55. The molecule has 0 atom stereocenters. The van der Waals surface area contributed by atoms with Gasteiger partial charge in [-0.25, -0.2) is 0 Å². The van der Waals surface area contributed by atoms with Gasteiger partial charge >= 0.3 is 5.69 Å². The lowest BCUT2D eigenvalue weighted by Crippen LogP contribution is -2.27. The largest absolute Gasteiger partial charge is 0.360 e. The average molecular weight is 196 g/mol. The number of anilines is 1. The van der Waals surface area contributed by atoms with Gasteiger partial charge in [0.15, 0.2) is 0 Å². The predicted molar refractivity (Wildman–Crippen MR) is 51.1 cm³/mol. The predicted octanol–water partition coefficient (Wildman–Crippen LogP) is 1.29. The van der Waals surface area contributed by atoms with Crippen LogP contribution in [0.15, 0.2) is 6.20 Å². The van der Waals surface area contributed by atoms with E-state index in [0.29, 0.717) is 11.9 Å². The quantitative estimate of drug-likeness (QED) is 0.584. The van der Waals surface area contributed by atoms with Gasteiger partial charge in [0.05, 0.1) is 4.92 Å². The van der Waals surface area contributed by atoms with Gasteiger partial charge in [0.25, 0.3) is 0 Å². The molecule has 1 N–H and O–H groups in total. The van der Waals surface area contributed by atoms with E-state index in [-0.39, 0.29) is 5.69 Å². The molecule has 1 aromatic rings. The summed E-state index contributed by atoms with van der Waals surface area (Å²) in [5, 5.41) is 17.7. The molecular formula is C8H12N4O2. The minimum Gasteiger partial charge on any atom is -0.360 e. The van der Waals surface area contributed by atoms with Crippen molar-refractivity contribution in [3.63, 3.8) is 0 Å². The Morgan fingerprint density at radius 2 is 2.43 bits per heavy atom. The second kappa shape index (κ2) is 3.28. The molecule has 0 bridgehead atoms. The molecule has 1 aromatic heterocycles. The van der Waals surface area contributed by atoms with Crippen LogP contribution in [0.5, 0.6) is 0 Å². The van der Waals surface area contributed by atoms with Gasteiger partial charge in [-0.05, 0) is 19.3 Å². The first-order valence-corrected chi connectivity index (χ1v) is 4.61. The molecule has 6 heteroatoms. The van der Waals surface area contributed by atoms with Crippen molar-refractivity contribution in [1.29, 1.82) is 0 Å². The highest BCUT2D eigenvalue weighted by atomic mass is 16.6. The van der Waals surface area contributed by atoms with E-state index in [1.807, 2.05) is 0 Å². The van der Waals surface area contributed by atoms with Gasteiger partial charge in [0.1, 0.15) is 6.20 Å². The zero-order valence-electron chi connectivity index (χ0n) is 7.93. The van der Waals surface area contributed by atoms with Crippen molar-refractivity contribution in [3.05, 3.63) is 16.3 Å². The molecule has 0 spiro atoms. The molecule has 1 fully saturated rings. The van der Waals surface area contributed by atoms with E-state index >= 15 is 0 Å². The number of aromatic nitrogens is 2. The molecular weight excluding hydrogens is 184 g/mol. The first kappa shape index (κ1) is 8.98. The van der Waals surface area contributed by atoms with E-state index in [2.05, 4.69) is 10.4 Å². The molecule has 0 aromatic carbocycles. The SMILES string of the molecule is Cn1cc([N+](=O)[O-])c(NC2CCC2)n1. The second-order valence-electron chi connectivity index (χ2n) is 3.57. The topological polar surface area (TPSA) is 73.0 Å². The van der Waals surface area contributed by atoms with Crippen molar-refractivity contribution >= 4 is 11.5 Å². The first-order valence-electron chi connectivity index (χ1n) is 4.61. The molecule has 1 heterocycles. The fourth-order valence-electron chi connectivity index (χ4n) is 1.46. The summed E-state index contributed by atoms with van der Waals surface area (Å²) >= 11 is 0. The Morgan fingerprint density at radius 3 is 2.93 bits per heavy atom. The van der Waals surface area contributed by atoms with Crippen LogP contribution >= 0.6 is 0 Å². The van der Waals surface area contributed by atoms with Crippen LogP contribution < -0.4 is 5.32 Å². The maximum atomic E-state index is 10.6. The van der Waals surface area contributed by atoms with Crippen molar-refractivity contribution in [2.45, 2.75) is 25.3 Å². The average Bonchev–Trinajstić information content (AvgIpc) is 2.39. The van der Waals surface area contributed by atoms with E-state index in [1.165, 1.54) is 17.3 Å². The maximum Gasteiger partial charge on any atom is 0.330 e. The van der Waals surface area contributed by atoms with Crippen LogP contribution in [0.2, 0.25) is 0 Å². The fraction of sp³-hybridized carbons (Fsp3) is 0.625. The van der Waals surface area contributed by atoms with Crippen LogP contribution in [0.3, 0.4) is 0 Å². The molecule has 1 aliphatic carbocycles. The molecule has 2 rings (SSSR count). The van der Waals surface area contributed by atoms with E-state index in [1.54, 1.807) is 7.05 Å². The summed E-state index contributed by atoms with van der Waals surface area (Å²) in [5.74, 6) is 0.391. The summed E-state index contributed by atoms with van der Waals surface area (Å²) in [5.41, 5.74) is 0.0550. The Hall–Kier alpha value is -1.59. The Bertz CT molecular complexity index is 356. The highest BCUT2D eigenvalue weighted by Gasteiger charge is 2.24. The van der Waals surface area contributed by atoms with E-state index in [4.69, 9.17) is 0 Å². The Labute approximate surface area is 81.1 Å². The van der Waals surface area contributed by atoms with Crippen LogP contribution in [-0.4, -0.2) is 20.7 Å². The van der Waals surface area contributed by atoms with Gasteiger partial charge in [-0.1, -0.05) is 0 Å². The third-order valence-corrected chi connectivity index (χ3v) is 2.45. The van der Waals surface area contributed by atoms with Gasteiger partial charge in [0, 0.05) is 13.1 Å². The zero-order chi connectivity index (χ0) is 10.1. The number of nitrogens with one attached hydrogen (secondary N) is 1. The summed E-state index contributed by atoms with van der Waals surface area (Å²) in [6, 6.07) is 0.364. The monoisotopic (exact) mass is 196 g/mol. The molecule has 1 aliphatic rings. The fourth-order valence-corrected chi connectivity index (χ4v) is 1.46. The number of nitro groups is 1. The lowest BCUT2D eigenvalue weighted by Gasteiger charge is -2.25. The molecule has 76 valence electrons. The lowest BCUT2D eigenvalue weighted by atomic mass is 9.93. The van der Waals surface area contributed by atoms with Crippen LogP contribution in [0, 0.1) is 10.1 Å². The van der Waals surface area contributed by atoms with E-state index in [9.17, 15) is 10.1 Å². The molecule has 14 heavy (non-hydrogen) atoms. The zero-order valence-corrected chi connectivity index (χ0v) is 7.93. The van der Waals surface area contributed by atoms with Crippen molar-refractivity contribution in [2.24, 2.45) is 7.05 Å². The summed E-state index contributed by atoms with van der Waals surface area (Å²) in [6.45, 7) is 0. The van der Waals surface area contributed by atoms with E-state index in [0.717, 1.165) is 12.8 Å². The van der Waals surface area contributed by atoms with Crippen molar-refractivity contribution in [1.82, 2.24) is 9.78 Å². The number of hydrogen-bond donors (Lipinski definition) is 1. The summed E-state index contributed by atoms with van der Waals surface area (Å²) < 4.78 is 1.46. The van der Waals surface area contributed by atoms with Gasteiger partial charge in [-0.3, -0.25) is 14.8 Å². The summed E-state index contributed by atoms with van der Waals surface area (Å²) in [6.07, 6.45) is 4.76. The minimum absolute atomic E-state index is 0.0550. The summed E-state index contributed by atoms with van der Waals surface area (Å²) in [4.78, 5) is 10.2. The molecule has 6 nitrogen and oxygen atoms in total. The Morgan fingerprint density at radius 1 is 1.71 bits per heavy atom. The second-order valence-corrected chi connectivity index (χ2v) is 3.57. The van der Waals surface area contributed by atoms with Crippen LogP contribution in [0.1, 0.15) is 19.3 Å². The standard InChI is InChI=1S/C8H12N4O2/c1-11-5-7(12(13)14)8(10-11)9-6-3-2-4-6/h5-6H,2-4H2,1H3,(H,9,10). The van der Waals surface area contributed by atoms with Crippen molar-refractivity contribution in [2.75, 3.05) is 5.32 Å². The first-order chi connectivity index (χ1) is 6.66. The number of aryl methyl sites for hydroxylation is 1. The smallest absolute Gasteiger partial charge is 0.330 e. The number of nitrogens with zero attached hydrogens (tertiary/aromatic N) is 3. The highest BCUT2D eigenvalue weighted by Crippen LogP contribution is 2.27. The summed E-state index contributed by atoms with van der Waals surface area (Å²) in [7, 11) is 1.68. The third-order valence-electron chi connectivity index (χ3n) is 2.45. The van der Waals surface area contributed by atoms with Crippen LogP contribution in [0.25, 0.3) is 0 Å². The maximum absolute atomic E-state index is 10.6. The molecule has 0 unspecified atom stereocenters. The van der Waals surface area contributed by atoms with E-state index < -0.39 is 4.92 Å². The Balaban J connectivity index is 2.17. The highest BCUT2D eigenvalue weighted by molar-refractivity contribution is 5.55. The van der Waals surface area contributed by atoms with Gasteiger partial charge in [0.2, 0.25) is 5.82 Å². The molecule has 0 aliphatic heterocycles. The van der Waals surface area contributed by atoms with Gasteiger partial charge < -0.3 is 5.32 Å². The van der Waals surface area contributed by atoms with Crippen molar-refractivity contribution < 1.29 is 4.92 Å². The van der Waals surface area contributed by atoms with Crippen LogP contribution in [-0.2, 0) is 7.05 Å². The van der Waals surface area contributed by atoms with Gasteiger partial charge in [-0.2, -0.15) is 0 Å². The lowest BCUT2D eigenvalue weighted by molar-refractivity contribution is -0.384. The molecule has 0 saturated heterocycles.